The molecule has 0 aromatic rings. The summed E-state index contributed by atoms with van der Waals surface area (Å²) in [6.45, 7) is 13.1. The van der Waals surface area contributed by atoms with E-state index in [-0.39, 0.29) is 36.5 Å². The summed E-state index contributed by atoms with van der Waals surface area (Å²) < 4.78 is 17.0. The fourth-order valence-electron chi connectivity index (χ4n) is 4.20. The van der Waals surface area contributed by atoms with E-state index >= 15 is 0 Å². The van der Waals surface area contributed by atoms with Crippen LogP contribution in [-0.4, -0.2) is 57.1 Å². The molecule has 138 valence electrons. The van der Waals surface area contributed by atoms with Crippen LogP contribution in [-0.2, 0) is 23.5 Å². The molecule has 7 heteroatoms. The van der Waals surface area contributed by atoms with Gasteiger partial charge in [-0.05, 0) is 38.6 Å². The molecule has 0 radical (unpaired) electrons. The molecule has 0 bridgehead atoms. The van der Waals surface area contributed by atoms with Crippen molar-refractivity contribution in [1.82, 2.24) is 4.90 Å². The molecule has 0 N–H and O–H groups in total. The SMILES string of the molecule is C=CCOC(=O)C1=C2CCOCC2[C@H]2[C@@H]([C@@H](C)O[Si](C)(C)C)C(=O)N12. The molecule has 0 aromatic carbocycles. The Morgan fingerprint density at radius 2 is 2.20 bits per heavy atom. The highest BCUT2D eigenvalue weighted by Gasteiger charge is 2.62. The van der Waals surface area contributed by atoms with Crippen LogP contribution in [0.4, 0.5) is 0 Å². The van der Waals surface area contributed by atoms with Crippen molar-refractivity contribution in [2.45, 2.75) is 45.1 Å². The summed E-state index contributed by atoms with van der Waals surface area (Å²) in [6.07, 6.45) is 2.04. The van der Waals surface area contributed by atoms with Gasteiger partial charge in [-0.2, -0.15) is 0 Å². The van der Waals surface area contributed by atoms with E-state index in [1.54, 1.807) is 4.90 Å². The van der Waals surface area contributed by atoms with Crippen molar-refractivity contribution in [3.63, 3.8) is 0 Å². The number of hydrogen-bond donors (Lipinski definition) is 0. The molecule has 1 amide bonds. The quantitative estimate of drug-likeness (QED) is 0.312. The Bertz CT molecular complexity index is 623. The zero-order chi connectivity index (χ0) is 18.4. The third-order valence-corrected chi connectivity index (χ3v) is 6.06. The molecular weight excluding hydrogens is 338 g/mol. The second-order valence-electron chi connectivity index (χ2n) is 7.85. The highest BCUT2D eigenvalue weighted by molar-refractivity contribution is 6.69. The highest BCUT2D eigenvalue weighted by Crippen LogP contribution is 2.50. The van der Waals surface area contributed by atoms with Crippen LogP contribution in [0.25, 0.3) is 0 Å². The largest absolute Gasteiger partial charge is 0.457 e. The third-order valence-electron chi connectivity index (χ3n) is 4.98. The van der Waals surface area contributed by atoms with Gasteiger partial charge in [-0.1, -0.05) is 12.7 Å². The topological polar surface area (TPSA) is 65.1 Å². The normalized spacial score (nSPS) is 29.7. The van der Waals surface area contributed by atoms with Crippen molar-refractivity contribution in [3.05, 3.63) is 23.9 Å². The third kappa shape index (κ3) is 3.20. The van der Waals surface area contributed by atoms with Crippen molar-refractivity contribution in [2.75, 3.05) is 19.8 Å². The van der Waals surface area contributed by atoms with Gasteiger partial charge in [0.15, 0.2) is 8.32 Å². The van der Waals surface area contributed by atoms with Crippen LogP contribution < -0.4 is 0 Å². The molecule has 0 aliphatic carbocycles. The van der Waals surface area contributed by atoms with Crippen LogP contribution in [0.3, 0.4) is 0 Å². The van der Waals surface area contributed by atoms with E-state index in [2.05, 4.69) is 26.2 Å². The summed E-state index contributed by atoms with van der Waals surface area (Å²) in [5.74, 6) is -0.633. The average molecular weight is 366 g/mol. The van der Waals surface area contributed by atoms with E-state index in [1.165, 1.54) is 6.08 Å². The summed E-state index contributed by atoms with van der Waals surface area (Å²) in [6, 6.07) is -0.0552. The molecule has 3 aliphatic heterocycles. The van der Waals surface area contributed by atoms with Gasteiger partial charge in [0.2, 0.25) is 5.91 Å². The smallest absolute Gasteiger partial charge is 0.355 e. The number of carbonyl (C=O) groups is 2. The first-order valence-electron chi connectivity index (χ1n) is 8.86. The first-order valence-corrected chi connectivity index (χ1v) is 12.3. The van der Waals surface area contributed by atoms with Gasteiger partial charge in [-0.3, -0.25) is 4.79 Å². The number of ether oxygens (including phenoxy) is 2. The maximum Gasteiger partial charge on any atom is 0.355 e. The number of β-lactam (4-membered cyclic amide) rings is 1. The summed E-state index contributed by atoms with van der Waals surface area (Å²) in [7, 11) is -1.76. The minimum Gasteiger partial charge on any atom is -0.457 e. The number of hydrogen-bond acceptors (Lipinski definition) is 5. The zero-order valence-electron chi connectivity index (χ0n) is 15.4. The lowest BCUT2D eigenvalue weighted by atomic mass is 9.76. The minimum absolute atomic E-state index is 0.0387. The molecule has 25 heavy (non-hydrogen) atoms. The molecule has 0 aromatic heterocycles. The molecule has 3 rings (SSSR count). The molecule has 4 atom stereocenters. The fourth-order valence-corrected chi connectivity index (χ4v) is 5.46. The van der Waals surface area contributed by atoms with Gasteiger partial charge in [0.25, 0.3) is 0 Å². The molecule has 2 saturated heterocycles. The Kier molecular flexibility index (Phi) is 4.92. The maximum absolute atomic E-state index is 12.9. The van der Waals surface area contributed by atoms with Crippen LogP contribution in [0.1, 0.15) is 13.3 Å². The molecule has 0 spiro atoms. The lowest BCUT2D eigenvalue weighted by Gasteiger charge is -2.49. The standard InChI is InChI=1S/C18H27NO5Si/c1-6-8-23-18(21)16-12-7-9-22-10-13(12)15-14(17(20)19(15)16)11(2)24-25(3,4)5/h6,11,13-15H,1,7-10H2,2-5H3/t11-,13?,14-,15+/m1/s1. The number of fused-ring (bicyclic) bond motifs is 3. The fraction of sp³-hybridized carbons (Fsp3) is 0.667. The van der Waals surface area contributed by atoms with E-state index in [0.717, 1.165) is 5.57 Å². The first kappa shape index (κ1) is 18.4. The number of nitrogens with zero attached hydrogens (tertiary/aromatic N) is 1. The van der Waals surface area contributed by atoms with Crippen LogP contribution >= 0.6 is 0 Å². The zero-order valence-corrected chi connectivity index (χ0v) is 16.4. The first-order chi connectivity index (χ1) is 11.8. The lowest BCUT2D eigenvalue weighted by Crippen LogP contribution is -2.65. The minimum atomic E-state index is -1.76. The van der Waals surface area contributed by atoms with Gasteiger partial charge in [0, 0.05) is 5.92 Å². The van der Waals surface area contributed by atoms with Gasteiger partial charge < -0.3 is 18.8 Å². The number of amides is 1. The Hall–Kier alpha value is -1.44. The predicted molar refractivity (Wildman–Crippen MR) is 95.1 cm³/mol. The molecule has 3 heterocycles. The van der Waals surface area contributed by atoms with Crippen molar-refractivity contribution >= 4 is 20.2 Å². The summed E-state index contributed by atoms with van der Waals surface area (Å²) in [4.78, 5) is 27.0. The summed E-state index contributed by atoms with van der Waals surface area (Å²) in [5, 5.41) is 0. The molecule has 0 saturated carbocycles. The van der Waals surface area contributed by atoms with Gasteiger partial charge in [0.1, 0.15) is 12.3 Å². The van der Waals surface area contributed by atoms with E-state index < -0.39 is 14.3 Å². The van der Waals surface area contributed by atoms with Crippen LogP contribution in [0.15, 0.2) is 23.9 Å². The maximum atomic E-state index is 12.9. The van der Waals surface area contributed by atoms with Gasteiger partial charge >= 0.3 is 5.97 Å². The van der Waals surface area contributed by atoms with E-state index in [1.807, 2.05) is 6.92 Å². The molecular formula is C18H27NO5Si. The average Bonchev–Trinajstić information content (AvgIpc) is 2.82. The molecule has 1 unspecified atom stereocenters. The van der Waals surface area contributed by atoms with Crippen LogP contribution in [0, 0.1) is 11.8 Å². The molecule has 6 nitrogen and oxygen atoms in total. The monoisotopic (exact) mass is 365 g/mol. The van der Waals surface area contributed by atoms with Gasteiger partial charge in [-0.25, -0.2) is 4.79 Å². The van der Waals surface area contributed by atoms with Gasteiger partial charge in [0.05, 0.1) is 31.3 Å². The number of rotatable bonds is 6. The van der Waals surface area contributed by atoms with Crippen molar-refractivity contribution < 1.29 is 23.5 Å². The molecule has 3 aliphatic rings. The Labute approximate surface area is 149 Å². The second-order valence-corrected chi connectivity index (χ2v) is 12.3. The molecule has 2 fully saturated rings. The van der Waals surface area contributed by atoms with Crippen LogP contribution in [0.2, 0.25) is 19.6 Å². The van der Waals surface area contributed by atoms with Crippen molar-refractivity contribution in [2.24, 2.45) is 11.8 Å². The van der Waals surface area contributed by atoms with Crippen molar-refractivity contribution in [1.29, 1.82) is 0 Å². The summed E-state index contributed by atoms with van der Waals surface area (Å²) in [5.41, 5.74) is 1.43. The Morgan fingerprint density at radius 3 is 2.84 bits per heavy atom. The highest BCUT2D eigenvalue weighted by atomic mass is 28.4. The van der Waals surface area contributed by atoms with Crippen molar-refractivity contribution in [3.8, 4) is 0 Å². The van der Waals surface area contributed by atoms with Crippen LogP contribution in [0.5, 0.6) is 0 Å². The Balaban J connectivity index is 1.85. The van der Waals surface area contributed by atoms with E-state index in [4.69, 9.17) is 13.9 Å². The Morgan fingerprint density at radius 1 is 1.48 bits per heavy atom. The van der Waals surface area contributed by atoms with E-state index in [9.17, 15) is 9.59 Å². The summed E-state index contributed by atoms with van der Waals surface area (Å²) >= 11 is 0. The lowest BCUT2D eigenvalue weighted by molar-refractivity contribution is -0.164. The second kappa shape index (κ2) is 6.70. The number of esters is 1. The van der Waals surface area contributed by atoms with E-state index in [0.29, 0.717) is 25.3 Å². The number of carbonyl (C=O) groups excluding carboxylic acids is 2. The van der Waals surface area contributed by atoms with Gasteiger partial charge in [-0.15, -0.1) is 0 Å². The predicted octanol–water partition coefficient (Wildman–Crippen LogP) is 2.09.